The smallest absolute Gasteiger partial charge is 0.338 e. The van der Waals surface area contributed by atoms with Gasteiger partial charge in [-0.2, -0.15) is 8.78 Å². The minimum atomic E-state index is -3.35. The van der Waals surface area contributed by atoms with Crippen LogP contribution in [0.2, 0.25) is 0 Å². The Kier molecular flexibility index (Phi) is 7.14. The van der Waals surface area contributed by atoms with Crippen LogP contribution < -0.4 is 4.74 Å². The van der Waals surface area contributed by atoms with Crippen molar-refractivity contribution in [1.29, 1.82) is 0 Å². The molecule has 21 heavy (non-hydrogen) atoms. The number of thiol groups is 1. The van der Waals surface area contributed by atoms with Crippen LogP contribution in [0.4, 0.5) is 8.78 Å². The molecule has 0 aromatic heterocycles. The molecule has 0 aliphatic rings. The maximum absolute atomic E-state index is 12.5. The van der Waals surface area contributed by atoms with E-state index in [0.717, 1.165) is 0 Å². The van der Waals surface area contributed by atoms with Crippen LogP contribution >= 0.6 is 35.2 Å². The molecule has 0 unspecified atom stereocenters. The van der Waals surface area contributed by atoms with Gasteiger partial charge in [-0.25, -0.2) is 4.79 Å². The Bertz CT molecular complexity index is 482. The molecule has 0 bridgehead atoms. The third kappa shape index (κ3) is 6.35. The number of carbonyl (C=O) groups is 1. The lowest BCUT2D eigenvalue weighted by Crippen LogP contribution is -2.19. The molecule has 0 aliphatic heterocycles. The maximum atomic E-state index is 12.5. The van der Waals surface area contributed by atoms with Gasteiger partial charge < -0.3 is 14.2 Å². The molecule has 0 heterocycles. The highest BCUT2D eigenvalue weighted by molar-refractivity contribution is 14.1. The monoisotopic (exact) mass is 432 g/mol. The molecule has 0 atom stereocenters. The molecule has 0 saturated carbocycles. The molecule has 0 radical (unpaired) electrons. The number of halogens is 3. The van der Waals surface area contributed by atoms with E-state index >= 15 is 0 Å². The molecule has 0 spiro atoms. The predicted octanol–water partition coefficient (Wildman–Crippen LogP) is 3.65. The number of aryl methyl sites for hydroxylation is 1. The van der Waals surface area contributed by atoms with E-state index < -0.39 is 17.8 Å². The molecule has 0 N–H and O–H groups in total. The van der Waals surface area contributed by atoms with Crippen molar-refractivity contribution in [2.24, 2.45) is 0 Å². The van der Waals surface area contributed by atoms with Crippen LogP contribution in [0.25, 0.3) is 0 Å². The van der Waals surface area contributed by atoms with Gasteiger partial charge in [-0.3, -0.25) is 0 Å². The molecular formula is C13H15F2IO4S. The predicted molar refractivity (Wildman–Crippen MR) is 85.2 cm³/mol. The minimum Gasteiger partial charge on any atom is -0.466 e. The van der Waals surface area contributed by atoms with Crippen molar-refractivity contribution in [2.45, 2.75) is 19.1 Å². The lowest BCUT2D eigenvalue weighted by atomic mass is 10.1. The Morgan fingerprint density at radius 3 is 2.62 bits per heavy atom. The number of rotatable bonds is 7. The number of alkyl halides is 2. The standard InChI is InChI=1S/C13H15F2IO4S/c1-3-18-7-20-11-8(2)4-9(5-10(11)16)12(17)19-6-13(14,15)21/h4-5,21H,3,6-7H2,1-2H3. The highest BCUT2D eigenvalue weighted by atomic mass is 127. The fourth-order valence-electron chi connectivity index (χ4n) is 1.45. The molecule has 0 aliphatic carbocycles. The third-order valence-electron chi connectivity index (χ3n) is 2.33. The largest absolute Gasteiger partial charge is 0.466 e. The van der Waals surface area contributed by atoms with Gasteiger partial charge in [-0.05, 0) is 54.1 Å². The Morgan fingerprint density at radius 2 is 2.10 bits per heavy atom. The Labute approximate surface area is 140 Å². The molecule has 1 aromatic carbocycles. The molecule has 1 aromatic rings. The molecule has 0 amide bonds. The van der Waals surface area contributed by atoms with Gasteiger partial charge in [0.15, 0.2) is 13.4 Å². The number of carbonyl (C=O) groups excluding carboxylic acids is 1. The zero-order chi connectivity index (χ0) is 16.0. The van der Waals surface area contributed by atoms with Crippen molar-refractivity contribution in [2.75, 3.05) is 20.0 Å². The van der Waals surface area contributed by atoms with E-state index in [2.05, 4.69) is 17.4 Å². The first-order valence-corrected chi connectivity index (χ1v) is 7.55. The number of esters is 1. The second-order valence-corrected chi connectivity index (χ2v) is 5.92. The van der Waals surface area contributed by atoms with Gasteiger partial charge >= 0.3 is 11.2 Å². The van der Waals surface area contributed by atoms with Crippen LogP contribution in [-0.2, 0) is 9.47 Å². The summed E-state index contributed by atoms with van der Waals surface area (Å²) in [4.78, 5) is 11.7. The fourth-order valence-corrected chi connectivity index (χ4v) is 2.43. The number of hydrogen-bond donors (Lipinski definition) is 1. The van der Waals surface area contributed by atoms with Crippen LogP contribution in [0.15, 0.2) is 12.1 Å². The van der Waals surface area contributed by atoms with Crippen LogP contribution in [0, 0.1) is 10.5 Å². The van der Waals surface area contributed by atoms with E-state index in [0.29, 0.717) is 21.5 Å². The van der Waals surface area contributed by atoms with Gasteiger partial charge in [-0.15, -0.1) is 12.6 Å². The normalized spacial score (nSPS) is 11.3. The van der Waals surface area contributed by atoms with E-state index in [9.17, 15) is 13.6 Å². The van der Waals surface area contributed by atoms with Gasteiger partial charge in [0, 0.05) is 6.61 Å². The van der Waals surface area contributed by atoms with Crippen molar-refractivity contribution in [3.05, 3.63) is 26.8 Å². The third-order valence-corrected chi connectivity index (χ3v) is 3.26. The lowest BCUT2D eigenvalue weighted by molar-refractivity contribution is 0.00100. The first-order chi connectivity index (χ1) is 9.74. The molecule has 118 valence electrons. The van der Waals surface area contributed by atoms with Gasteiger partial charge in [-0.1, -0.05) is 0 Å². The number of ether oxygens (including phenoxy) is 3. The summed E-state index contributed by atoms with van der Waals surface area (Å²) in [6.45, 7) is 3.14. The number of benzene rings is 1. The summed E-state index contributed by atoms with van der Waals surface area (Å²) in [6.07, 6.45) is 0. The Hall–Kier alpha value is -0.610. The molecule has 1 rings (SSSR count). The SMILES string of the molecule is CCOCOc1c(C)cc(C(=O)OCC(F)(F)S)cc1I. The minimum absolute atomic E-state index is 0.100. The summed E-state index contributed by atoms with van der Waals surface area (Å²) in [5, 5.41) is -3.35. The first kappa shape index (κ1) is 18.4. The van der Waals surface area contributed by atoms with Crippen molar-refractivity contribution in [3.63, 3.8) is 0 Å². The Morgan fingerprint density at radius 1 is 1.43 bits per heavy atom. The summed E-state index contributed by atoms with van der Waals surface area (Å²) < 4.78 is 40.8. The molecule has 0 saturated heterocycles. The van der Waals surface area contributed by atoms with Crippen LogP contribution in [0.5, 0.6) is 5.75 Å². The van der Waals surface area contributed by atoms with E-state index in [1.165, 1.54) is 12.1 Å². The van der Waals surface area contributed by atoms with Crippen molar-refractivity contribution in [1.82, 2.24) is 0 Å². The van der Waals surface area contributed by atoms with Crippen LogP contribution in [0.3, 0.4) is 0 Å². The van der Waals surface area contributed by atoms with Crippen molar-refractivity contribution >= 4 is 41.2 Å². The first-order valence-electron chi connectivity index (χ1n) is 6.02. The summed E-state index contributed by atoms with van der Waals surface area (Å²) in [6, 6.07) is 3.02. The fraction of sp³-hybridized carbons (Fsp3) is 0.462. The summed E-state index contributed by atoms with van der Waals surface area (Å²) in [7, 11) is 0. The molecule has 0 fully saturated rings. The van der Waals surface area contributed by atoms with E-state index in [-0.39, 0.29) is 12.4 Å². The average Bonchev–Trinajstić information content (AvgIpc) is 2.38. The summed E-state index contributed by atoms with van der Waals surface area (Å²) in [5.74, 6) is -0.249. The highest BCUT2D eigenvalue weighted by Crippen LogP contribution is 2.28. The maximum Gasteiger partial charge on any atom is 0.338 e. The summed E-state index contributed by atoms with van der Waals surface area (Å²) >= 11 is 4.99. The molecule has 4 nitrogen and oxygen atoms in total. The van der Waals surface area contributed by atoms with Gasteiger partial charge in [0.25, 0.3) is 0 Å². The Balaban J connectivity index is 2.80. The van der Waals surface area contributed by atoms with E-state index in [4.69, 9.17) is 9.47 Å². The van der Waals surface area contributed by atoms with Crippen molar-refractivity contribution < 1.29 is 27.8 Å². The topological polar surface area (TPSA) is 44.8 Å². The average molecular weight is 432 g/mol. The second kappa shape index (κ2) is 8.14. The summed E-state index contributed by atoms with van der Waals surface area (Å²) in [5.41, 5.74) is 0.865. The second-order valence-electron chi connectivity index (χ2n) is 4.10. The van der Waals surface area contributed by atoms with Gasteiger partial charge in [0.05, 0.1) is 9.13 Å². The van der Waals surface area contributed by atoms with Gasteiger partial charge in [0.1, 0.15) is 5.75 Å². The van der Waals surface area contributed by atoms with E-state index in [1.54, 1.807) is 6.92 Å². The molecule has 8 heteroatoms. The van der Waals surface area contributed by atoms with E-state index in [1.807, 2.05) is 29.5 Å². The van der Waals surface area contributed by atoms with Crippen LogP contribution in [-0.4, -0.2) is 31.2 Å². The zero-order valence-electron chi connectivity index (χ0n) is 11.5. The van der Waals surface area contributed by atoms with Gasteiger partial charge in [0.2, 0.25) is 0 Å². The van der Waals surface area contributed by atoms with Crippen molar-refractivity contribution in [3.8, 4) is 5.75 Å². The number of hydrogen-bond acceptors (Lipinski definition) is 5. The quantitative estimate of drug-likeness (QED) is 0.235. The zero-order valence-corrected chi connectivity index (χ0v) is 14.5. The van der Waals surface area contributed by atoms with Crippen LogP contribution in [0.1, 0.15) is 22.8 Å². The highest BCUT2D eigenvalue weighted by Gasteiger charge is 2.25. The lowest BCUT2D eigenvalue weighted by Gasteiger charge is -2.14. The molecular weight excluding hydrogens is 417 g/mol.